The quantitative estimate of drug-likeness (QED) is 0.786. The Balaban J connectivity index is 2.02. The van der Waals surface area contributed by atoms with Crippen molar-refractivity contribution < 1.29 is 9.59 Å². The number of likely N-dealkylation sites (N-methyl/N-ethyl adjacent to an activating group) is 1. The van der Waals surface area contributed by atoms with Crippen LogP contribution in [0.2, 0.25) is 0 Å². The number of imide groups is 1. The van der Waals surface area contributed by atoms with E-state index in [2.05, 4.69) is 20.9 Å². The van der Waals surface area contributed by atoms with Gasteiger partial charge >= 0.3 is 6.03 Å². The first-order chi connectivity index (χ1) is 10.1. The molecule has 0 N–H and O–H groups in total. The van der Waals surface area contributed by atoms with Crippen molar-refractivity contribution in [3.05, 3.63) is 58.8 Å². The summed E-state index contributed by atoms with van der Waals surface area (Å²) in [4.78, 5) is 31.6. The smallest absolute Gasteiger partial charge is 0.311 e. The lowest BCUT2D eigenvalue weighted by atomic mass is 10.1. The Morgan fingerprint density at radius 2 is 1.86 bits per heavy atom. The van der Waals surface area contributed by atoms with Gasteiger partial charge < -0.3 is 4.90 Å². The second-order valence-corrected chi connectivity index (χ2v) is 5.65. The van der Waals surface area contributed by atoms with Gasteiger partial charge in [0.15, 0.2) is 0 Å². The largest absolute Gasteiger partial charge is 0.332 e. The van der Waals surface area contributed by atoms with E-state index in [-0.39, 0.29) is 11.9 Å². The first-order valence-electron chi connectivity index (χ1n) is 6.36. The first kappa shape index (κ1) is 13.8. The number of benzene rings is 1. The fourth-order valence-electron chi connectivity index (χ4n) is 2.42. The highest BCUT2D eigenvalue weighted by atomic mass is 79.9. The molecule has 1 aliphatic heterocycles. The van der Waals surface area contributed by atoms with E-state index in [1.165, 1.54) is 9.80 Å². The molecule has 1 aromatic carbocycles. The maximum Gasteiger partial charge on any atom is 0.332 e. The number of rotatable bonds is 2. The average Bonchev–Trinajstić information content (AvgIpc) is 2.70. The maximum atomic E-state index is 12.7. The Hall–Kier alpha value is -2.21. The lowest BCUT2D eigenvalue weighted by Crippen LogP contribution is -2.31. The number of anilines is 1. The predicted octanol–water partition coefficient (Wildman–Crippen LogP) is 2.98. The third-order valence-electron chi connectivity index (χ3n) is 3.42. The van der Waals surface area contributed by atoms with Crippen LogP contribution < -0.4 is 4.90 Å². The van der Waals surface area contributed by atoms with Crippen molar-refractivity contribution in [2.24, 2.45) is 0 Å². The number of carbonyl (C=O) groups is 2. The number of amides is 3. The molecule has 1 atom stereocenters. The van der Waals surface area contributed by atoms with Crippen LogP contribution in [0.5, 0.6) is 0 Å². The van der Waals surface area contributed by atoms with E-state index in [0.29, 0.717) is 5.69 Å². The van der Waals surface area contributed by atoms with E-state index in [1.54, 1.807) is 31.6 Å². The fourth-order valence-corrected chi connectivity index (χ4v) is 2.84. The minimum atomic E-state index is -0.608. The molecule has 0 spiro atoms. The lowest BCUT2D eigenvalue weighted by molar-refractivity contribution is -0.119. The predicted molar refractivity (Wildman–Crippen MR) is 81.8 cm³/mol. The summed E-state index contributed by atoms with van der Waals surface area (Å²) in [6, 6.07) is 9.76. The van der Waals surface area contributed by atoms with Gasteiger partial charge in [0.05, 0.1) is 5.69 Å². The zero-order valence-electron chi connectivity index (χ0n) is 11.2. The van der Waals surface area contributed by atoms with Gasteiger partial charge in [-0.25, -0.2) is 9.69 Å². The molecular formula is C15H12BrN3O2. The van der Waals surface area contributed by atoms with E-state index in [4.69, 9.17) is 0 Å². The molecule has 1 unspecified atom stereocenters. The van der Waals surface area contributed by atoms with Crippen LogP contribution in [0, 0.1) is 0 Å². The van der Waals surface area contributed by atoms with Gasteiger partial charge in [-0.1, -0.05) is 28.1 Å². The van der Waals surface area contributed by atoms with E-state index >= 15 is 0 Å². The minimum Gasteiger partial charge on any atom is -0.311 e. The summed E-state index contributed by atoms with van der Waals surface area (Å²) in [5.41, 5.74) is 1.31. The zero-order chi connectivity index (χ0) is 15.0. The average molecular weight is 346 g/mol. The summed E-state index contributed by atoms with van der Waals surface area (Å²) in [7, 11) is 1.63. The molecule has 0 bridgehead atoms. The number of carbonyl (C=O) groups excluding carboxylic acids is 2. The third kappa shape index (κ3) is 2.31. The number of halogens is 1. The zero-order valence-corrected chi connectivity index (χ0v) is 12.8. The van der Waals surface area contributed by atoms with Gasteiger partial charge in [-0.05, 0) is 29.8 Å². The molecule has 2 heterocycles. The van der Waals surface area contributed by atoms with Crippen LogP contribution in [0.4, 0.5) is 10.5 Å². The maximum absolute atomic E-state index is 12.7. The van der Waals surface area contributed by atoms with Gasteiger partial charge in [0.25, 0.3) is 5.91 Å². The van der Waals surface area contributed by atoms with Gasteiger partial charge in [0.1, 0.15) is 6.04 Å². The van der Waals surface area contributed by atoms with Crippen LogP contribution in [-0.4, -0.2) is 28.9 Å². The number of hydrogen-bond acceptors (Lipinski definition) is 3. The summed E-state index contributed by atoms with van der Waals surface area (Å²) >= 11 is 3.39. The highest BCUT2D eigenvalue weighted by molar-refractivity contribution is 9.10. The molecule has 106 valence electrons. The van der Waals surface area contributed by atoms with Gasteiger partial charge in [-0.3, -0.25) is 9.78 Å². The fraction of sp³-hybridized carbons (Fsp3) is 0.133. The van der Waals surface area contributed by atoms with E-state index in [0.717, 1.165) is 10.0 Å². The Labute approximate surface area is 130 Å². The number of nitrogens with zero attached hydrogens (tertiary/aromatic N) is 3. The van der Waals surface area contributed by atoms with Crippen molar-refractivity contribution >= 4 is 33.6 Å². The molecule has 21 heavy (non-hydrogen) atoms. The van der Waals surface area contributed by atoms with Crippen LogP contribution in [0.1, 0.15) is 11.6 Å². The summed E-state index contributed by atoms with van der Waals surface area (Å²) in [5, 5.41) is 0. The van der Waals surface area contributed by atoms with Crippen LogP contribution >= 0.6 is 15.9 Å². The van der Waals surface area contributed by atoms with Gasteiger partial charge in [0, 0.05) is 23.9 Å². The molecule has 1 aromatic heterocycles. The Morgan fingerprint density at radius 1 is 1.14 bits per heavy atom. The molecule has 2 aromatic rings. The second-order valence-electron chi connectivity index (χ2n) is 4.73. The van der Waals surface area contributed by atoms with Gasteiger partial charge in [-0.2, -0.15) is 0 Å². The topological polar surface area (TPSA) is 53.5 Å². The normalized spacial score (nSPS) is 18.5. The molecule has 5 nitrogen and oxygen atoms in total. The van der Waals surface area contributed by atoms with Crippen molar-refractivity contribution in [2.75, 3.05) is 11.9 Å². The second kappa shape index (κ2) is 5.29. The Morgan fingerprint density at radius 3 is 2.52 bits per heavy atom. The number of aromatic nitrogens is 1. The van der Waals surface area contributed by atoms with Crippen molar-refractivity contribution in [2.45, 2.75) is 6.04 Å². The van der Waals surface area contributed by atoms with Gasteiger partial charge in [-0.15, -0.1) is 0 Å². The molecule has 0 saturated carbocycles. The van der Waals surface area contributed by atoms with Crippen molar-refractivity contribution in [3.8, 4) is 0 Å². The monoisotopic (exact) mass is 345 g/mol. The van der Waals surface area contributed by atoms with Crippen molar-refractivity contribution in [3.63, 3.8) is 0 Å². The molecule has 1 saturated heterocycles. The van der Waals surface area contributed by atoms with E-state index in [9.17, 15) is 9.59 Å². The first-order valence-corrected chi connectivity index (χ1v) is 7.15. The molecule has 0 aliphatic carbocycles. The molecule has 1 fully saturated rings. The van der Waals surface area contributed by atoms with E-state index in [1.807, 2.05) is 24.3 Å². The van der Waals surface area contributed by atoms with Gasteiger partial charge in [0.2, 0.25) is 0 Å². The SMILES string of the molecule is CN1C(=O)N(c2ccncc2)C(=O)C1c1cccc(Br)c1. The minimum absolute atomic E-state index is 0.258. The molecule has 3 rings (SSSR count). The van der Waals surface area contributed by atoms with Crippen LogP contribution in [-0.2, 0) is 4.79 Å². The molecular weight excluding hydrogens is 334 g/mol. The highest BCUT2D eigenvalue weighted by Crippen LogP contribution is 2.33. The molecule has 6 heteroatoms. The summed E-state index contributed by atoms with van der Waals surface area (Å²) in [6.07, 6.45) is 3.12. The third-order valence-corrected chi connectivity index (χ3v) is 3.91. The number of pyridine rings is 1. The van der Waals surface area contributed by atoms with Crippen molar-refractivity contribution in [1.29, 1.82) is 0 Å². The van der Waals surface area contributed by atoms with Crippen LogP contribution in [0.15, 0.2) is 53.3 Å². The highest BCUT2D eigenvalue weighted by Gasteiger charge is 2.44. The lowest BCUT2D eigenvalue weighted by Gasteiger charge is -2.16. The molecule has 1 aliphatic rings. The van der Waals surface area contributed by atoms with Crippen LogP contribution in [0.3, 0.4) is 0 Å². The molecule has 0 radical (unpaired) electrons. The van der Waals surface area contributed by atoms with Crippen molar-refractivity contribution in [1.82, 2.24) is 9.88 Å². The van der Waals surface area contributed by atoms with E-state index < -0.39 is 6.04 Å². The summed E-state index contributed by atoms with van der Waals surface area (Å²) in [5.74, 6) is -0.258. The summed E-state index contributed by atoms with van der Waals surface area (Å²) in [6.45, 7) is 0. The Kier molecular flexibility index (Phi) is 3.47. The Bertz CT molecular complexity index is 705. The van der Waals surface area contributed by atoms with Crippen LogP contribution in [0.25, 0.3) is 0 Å². The standard InChI is InChI=1S/C15H12BrN3O2/c1-18-13(10-3-2-4-11(16)9-10)14(20)19(15(18)21)12-5-7-17-8-6-12/h2-9,13H,1H3. The number of hydrogen-bond donors (Lipinski definition) is 0. The summed E-state index contributed by atoms with van der Waals surface area (Å²) < 4.78 is 0.871. The number of urea groups is 1. The molecule has 3 amide bonds.